The fourth-order valence-electron chi connectivity index (χ4n) is 2.49. The highest BCUT2D eigenvalue weighted by atomic mass is 19.1. The van der Waals surface area contributed by atoms with E-state index in [4.69, 9.17) is 9.15 Å². The lowest BCUT2D eigenvalue weighted by molar-refractivity contribution is 0.0733. The van der Waals surface area contributed by atoms with Gasteiger partial charge in [0.1, 0.15) is 23.4 Å². The molecule has 6 nitrogen and oxygen atoms in total. The van der Waals surface area contributed by atoms with Crippen LogP contribution in [0.5, 0.6) is 0 Å². The van der Waals surface area contributed by atoms with Crippen molar-refractivity contribution in [3.63, 3.8) is 0 Å². The van der Waals surface area contributed by atoms with E-state index in [0.717, 1.165) is 5.56 Å². The number of aromatic nitrogens is 2. The average molecular weight is 343 g/mol. The van der Waals surface area contributed by atoms with Crippen molar-refractivity contribution < 1.29 is 18.3 Å². The summed E-state index contributed by atoms with van der Waals surface area (Å²) in [6.07, 6.45) is 1.18. The zero-order valence-corrected chi connectivity index (χ0v) is 13.9. The number of methoxy groups -OCH3 is 1. The van der Waals surface area contributed by atoms with Gasteiger partial charge >= 0.3 is 0 Å². The second-order valence-electron chi connectivity index (χ2n) is 5.50. The van der Waals surface area contributed by atoms with Crippen LogP contribution in [0.1, 0.15) is 22.4 Å². The molecule has 3 rings (SSSR count). The fourth-order valence-corrected chi connectivity index (χ4v) is 2.49. The van der Waals surface area contributed by atoms with Crippen molar-refractivity contribution in [2.75, 3.05) is 13.7 Å². The van der Waals surface area contributed by atoms with Crippen LogP contribution in [0.4, 0.5) is 4.39 Å². The molecule has 0 fully saturated rings. The van der Waals surface area contributed by atoms with E-state index in [9.17, 15) is 9.18 Å². The molecule has 1 amide bonds. The molecule has 3 aromatic rings. The van der Waals surface area contributed by atoms with Gasteiger partial charge in [-0.1, -0.05) is 0 Å². The molecule has 0 bridgehead atoms. The van der Waals surface area contributed by atoms with Crippen molar-refractivity contribution in [2.24, 2.45) is 7.05 Å². The van der Waals surface area contributed by atoms with Crippen LogP contribution in [0.15, 0.2) is 53.1 Å². The molecule has 1 N–H and O–H groups in total. The quantitative estimate of drug-likeness (QED) is 0.747. The van der Waals surface area contributed by atoms with Gasteiger partial charge in [0, 0.05) is 19.7 Å². The molecule has 2 aromatic heterocycles. The first-order valence-electron chi connectivity index (χ1n) is 7.73. The Kier molecular flexibility index (Phi) is 4.95. The number of carbonyl (C=O) groups is 1. The average Bonchev–Trinajstić information content (AvgIpc) is 3.26. The molecule has 0 saturated heterocycles. The number of hydrogen-bond acceptors (Lipinski definition) is 4. The van der Waals surface area contributed by atoms with Crippen LogP contribution in [0.3, 0.4) is 0 Å². The van der Waals surface area contributed by atoms with E-state index in [-0.39, 0.29) is 24.4 Å². The Morgan fingerprint density at radius 1 is 1.36 bits per heavy atom. The molecule has 0 aliphatic rings. The minimum Gasteiger partial charge on any atom is -0.467 e. The summed E-state index contributed by atoms with van der Waals surface area (Å²) in [5.41, 5.74) is 1.73. The zero-order chi connectivity index (χ0) is 17.8. The molecule has 1 unspecified atom stereocenters. The normalized spacial score (nSPS) is 12.1. The highest BCUT2D eigenvalue weighted by molar-refractivity contribution is 5.93. The summed E-state index contributed by atoms with van der Waals surface area (Å²) in [4.78, 5) is 12.4. The summed E-state index contributed by atoms with van der Waals surface area (Å²) < 4.78 is 25.1. The van der Waals surface area contributed by atoms with Gasteiger partial charge in [0.05, 0.1) is 18.5 Å². The summed E-state index contributed by atoms with van der Waals surface area (Å²) in [5.74, 6) is 0.0398. The maximum atomic E-state index is 13.0. The van der Waals surface area contributed by atoms with Crippen molar-refractivity contribution >= 4 is 5.91 Å². The Labute approximate surface area is 144 Å². The van der Waals surface area contributed by atoms with Crippen LogP contribution in [0.25, 0.3) is 11.3 Å². The largest absolute Gasteiger partial charge is 0.467 e. The van der Waals surface area contributed by atoms with Crippen LogP contribution in [0, 0.1) is 5.82 Å². The second-order valence-corrected chi connectivity index (χ2v) is 5.50. The predicted molar refractivity (Wildman–Crippen MR) is 89.4 cm³/mol. The van der Waals surface area contributed by atoms with Crippen molar-refractivity contribution in [2.45, 2.75) is 6.10 Å². The number of ether oxygens (including phenoxy) is 1. The number of aryl methyl sites for hydroxylation is 1. The highest BCUT2D eigenvalue weighted by Gasteiger charge is 2.18. The Hall–Kier alpha value is -2.93. The van der Waals surface area contributed by atoms with Crippen LogP contribution in [-0.2, 0) is 11.8 Å². The van der Waals surface area contributed by atoms with E-state index < -0.39 is 0 Å². The summed E-state index contributed by atoms with van der Waals surface area (Å²) in [5, 5.41) is 7.12. The Bertz CT molecular complexity index is 841. The van der Waals surface area contributed by atoms with Crippen LogP contribution in [0.2, 0.25) is 0 Å². The summed E-state index contributed by atoms with van der Waals surface area (Å²) in [6.45, 7) is 0.264. The molecule has 1 aromatic carbocycles. The van der Waals surface area contributed by atoms with E-state index in [1.807, 2.05) is 0 Å². The van der Waals surface area contributed by atoms with Gasteiger partial charge < -0.3 is 14.5 Å². The standard InChI is InChI=1S/C18H18FN3O3/c1-22-15(10-14(21-22)12-5-7-13(19)8-6-12)18(23)20-11-17(24-2)16-4-3-9-25-16/h3-10,17H,11H2,1-2H3,(H,20,23). The molecule has 7 heteroatoms. The van der Waals surface area contributed by atoms with E-state index in [2.05, 4.69) is 10.4 Å². The highest BCUT2D eigenvalue weighted by Crippen LogP contribution is 2.20. The fraction of sp³-hybridized carbons (Fsp3) is 0.222. The maximum absolute atomic E-state index is 13.0. The lowest BCUT2D eigenvalue weighted by atomic mass is 10.1. The second kappa shape index (κ2) is 7.31. The number of amides is 1. The molecule has 130 valence electrons. The van der Waals surface area contributed by atoms with Crippen molar-refractivity contribution in [1.82, 2.24) is 15.1 Å². The van der Waals surface area contributed by atoms with Gasteiger partial charge in [0.25, 0.3) is 5.91 Å². The van der Waals surface area contributed by atoms with Crippen LogP contribution < -0.4 is 5.32 Å². The summed E-state index contributed by atoms with van der Waals surface area (Å²) in [7, 11) is 3.23. The first kappa shape index (κ1) is 16.9. The topological polar surface area (TPSA) is 69.3 Å². The van der Waals surface area contributed by atoms with Crippen LogP contribution >= 0.6 is 0 Å². The minimum atomic E-state index is -0.372. The van der Waals surface area contributed by atoms with E-state index in [1.165, 1.54) is 16.8 Å². The van der Waals surface area contributed by atoms with Crippen molar-refractivity contribution in [1.29, 1.82) is 0 Å². The Morgan fingerprint density at radius 2 is 2.12 bits per heavy atom. The zero-order valence-electron chi connectivity index (χ0n) is 13.9. The number of benzene rings is 1. The van der Waals surface area contributed by atoms with E-state index in [1.54, 1.807) is 50.8 Å². The van der Waals surface area contributed by atoms with E-state index in [0.29, 0.717) is 17.1 Å². The molecule has 1 atom stereocenters. The van der Waals surface area contributed by atoms with Gasteiger partial charge in [0.2, 0.25) is 0 Å². The Morgan fingerprint density at radius 3 is 2.76 bits per heavy atom. The third-order valence-electron chi connectivity index (χ3n) is 3.85. The maximum Gasteiger partial charge on any atom is 0.269 e. The summed E-state index contributed by atoms with van der Waals surface area (Å²) in [6, 6.07) is 11.2. The monoisotopic (exact) mass is 343 g/mol. The molecule has 0 spiro atoms. The van der Waals surface area contributed by atoms with Gasteiger partial charge in [-0.15, -0.1) is 0 Å². The van der Waals surface area contributed by atoms with Crippen molar-refractivity contribution in [3.05, 3.63) is 66.0 Å². The molecular weight excluding hydrogens is 325 g/mol. The van der Waals surface area contributed by atoms with Gasteiger partial charge in [-0.05, 0) is 42.5 Å². The number of hydrogen-bond donors (Lipinski definition) is 1. The van der Waals surface area contributed by atoms with Gasteiger partial charge in [0.15, 0.2) is 0 Å². The number of rotatable bonds is 6. The molecule has 0 saturated carbocycles. The smallest absolute Gasteiger partial charge is 0.269 e. The third-order valence-corrected chi connectivity index (χ3v) is 3.85. The Balaban J connectivity index is 1.71. The van der Waals surface area contributed by atoms with Crippen molar-refractivity contribution in [3.8, 4) is 11.3 Å². The van der Waals surface area contributed by atoms with Gasteiger partial charge in [-0.3, -0.25) is 9.48 Å². The first-order valence-corrected chi connectivity index (χ1v) is 7.73. The number of furan rings is 1. The van der Waals surface area contributed by atoms with Crippen LogP contribution in [-0.4, -0.2) is 29.3 Å². The SMILES string of the molecule is COC(CNC(=O)c1cc(-c2ccc(F)cc2)nn1C)c1ccco1. The molecular formula is C18H18FN3O3. The van der Waals surface area contributed by atoms with Gasteiger partial charge in [-0.25, -0.2) is 4.39 Å². The predicted octanol–water partition coefficient (Wildman–Crippen LogP) is 2.94. The molecule has 25 heavy (non-hydrogen) atoms. The molecule has 0 radical (unpaired) electrons. The van der Waals surface area contributed by atoms with Gasteiger partial charge in [-0.2, -0.15) is 5.10 Å². The number of carbonyl (C=O) groups excluding carboxylic acids is 1. The molecule has 2 heterocycles. The molecule has 0 aliphatic carbocycles. The summed E-state index contributed by atoms with van der Waals surface area (Å²) >= 11 is 0. The number of nitrogens with one attached hydrogen (secondary N) is 1. The number of halogens is 1. The lowest BCUT2D eigenvalue weighted by Crippen LogP contribution is -2.30. The van der Waals surface area contributed by atoms with E-state index >= 15 is 0 Å². The third kappa shape index (κ3) is 3.77. The first-order chi connectivity index (χ1) is 12.1. The lowest BCUT2D eigenvalue weighted by Gasteiger charge is -2.13. The minimum absolute atomic E-state index is 0.264. The number of nitrogens with zero attached hydrogens (tertiary/aromatic N) is 2. The molecule has 0 aliphatic heterocycles.